The van der Waals surface area contributed by atoms with Gasteiger partial charge in [-0.15, -0.1) is 0 Å². The zero-order valence-corrected chi connectivity index (χ0v) is 15.4. The van der Waals surface area contributed by atoms with Crippen molar-refractivity contribution in [2.24, 2.45) is 0 Å². The van der Waals surface area contributed by atoms with Crippen LogP contribution in [0.15, 0.2) is 54.6 Å². The molecule has 0 saturated carbocycles. The van der Waals surface area contributed by atoms with Crippen LogP contribution in [0.2, 0.25) is 0 Å². The predicted molar refractivity (Wildman–Crippen MR) is 98.8 cm³/mol. The Hall–Kier alpha value is -2.25. The van der Waals surface area contributed by atoms with Gasteiger partial charge in [0.05, 0.1) is 12.8 Å². The van der Waals surface area contributed by atoms with Gasteiger partial charge in [-0.05, 0) is 34.6 Å². The number of benzene rings is 2. The summed E-state index contributed by atoms with van der Waals surface area (Å²) >= 11 is 0. The van der Waals surface area contributed by atoms with Crippen LogP contribution in [0.5, 0.6) is 0 Å². The average Bonchev–Trinajstić information content (AvgIpc) is 2.51. The summed E-state index contributed by atoms with van der Waals surface area (Å²) in [6, 6.07) is 20.1. The molecule has 0 aliphatic carbocycles. The van der Waals surface area contributed by atoms with E-state index in [0.717, 1.165) is 11.1 Å². The first-order valence-electron chi connectivity index (χ1n) is 7.80. The average molecular weight is 341 g/mol. The molecule has 24 heavy (non-hydrogen) atoms. The molecule has 126 valence electrons. The van der Waals surface area contributed by atoms with E-state index in [2.05, 4.69) is 32.7 Å². The summed E-state index contributed by atoms with van der Waals surface area (Å²) in [5, 5.41) is 0. The largest absolute Gasteiger partial charge is 0.239 e. The fourth-order valence-corrected chi connectivity index (χ4v) is 2.76. The third-order valence-corrected chi connectivity index (χ3v) is 4.67. The highest BCUT2D eigenvalue weighted by atomic mass is 32.2. The first-order valence-corrected chi connectivity index (χ1v) is 9.65. The van der Waals surface area contributed by atoms with Crippen molar-refractivity contribution in [3.63, 3.8) is 0 Å². The second-order valence-electron chi connectivity index (χ2n) is 6.82. The van der Waals surface area contributed by atoms with Gasteiger partial charge in [0.1, 0.15) is 0 Å². The van der Waals surface area contributed by atoms with Crippen LogP contribution >= 0.6 is 0 Å². The van der Waals surface area contributed by atoms with E-state index in [1.165, 1.54) is 16.1 Å². The lowest BCUT2D eigenvalue weighted by Crippen LogP contribution is -2.24. The Balaban J connectivity index is 2.24. The first-order chi connectivity index (χ1) is 11.2. The van der Waals surface area contributed by atoms with Gasteiger partial charge in [0.15, 0.2) is 0 Å². The molecule has 0 heterocycles. The normalized spacial score (nSPS) is 11.5. The van der Waals surface area contributed by atoms with E-state index in [1.807, 2.05) is 54.6 Å². The molecule has 0 radical (unpaired) electrons. The van der Waals surface area contributed by atoms with Crippen LogP contribution in [0.25, 0.3) is 0 Å². The molecule has 2 aromatic carbocycles. The van der Waals surface area contributed by atoms with Crippen LogP contribution in [-0.4, -0.2) is 19.0 Å². The summed E-state index contributed by atoms with van der Waals surface area (Å²) in [4.78, 5) is 0. The van der Waals surface area contributed by atoms with Crippen molar-refractivity contribution in [3.8, 4) is 12.0 Å². The second-order valence-corrected chi connectivity index (χ2v) is 8.73. The number of hydrogen-bond donors (Lipinski definition) is 0. The van der Waals surface area contributed by atoms with Gasteiger partial charge in [0.25, 0.3) is 0 Å². The molecule has 0 saturated heterocycles. The number of hydrogen-bond acceptors (Lipinski definition) is 2. The van der Waals surface area contributed by atoms with Crippen LogP contribution in [0.3, 0.4) is 0 Å². The summed E-state index contributed by atoms with van der Waals surface area (Å²) in [6.45, 7) is 6.70. The maximum atomic E-state index is 12.0. The van der Waals surface area contributed by atoms with Crippen LogP contribution in [0.1, 0.15) is 37.5 Å². The topological polar surface area (TPSA) is 37.4 Å². The molecule has 0 aromatic heterocycles. The Morgan fingerprint density at radius 3 is 2.04 bits per heavy atom. The third kappa shape index (κ3) is 5.14. The Kier molecular flexibility index (Phi) is 5.36. The summed E-state index contributed by atoms with van der Waals surface area (Å²) in [5.74, 6) is 2.95. The van der Waals surface area contributed by atoms with Gasteiger partial charge in [0.2, 0.25) is 10.0 Å². The molecule has 0 N–H and O–H groups in total. The number of nitrogens with zero attached hydrogens (tertiary/aromatic N) is 1. The summed E-state index contributed by atoms with van der Waals surface area (Å²) in [7, 11) is -3.40. The summed E-state index contributed by atoms with van der Waals surface area (Å²) in [5.41, 5.74) is 3.00. The van der Waals surface area contributed by atoms with E-state index < -0.39 is 10.0 Å². The minimum Gasteiger partial charge on any atom is -0.224 e. The Morgan fingerprint density at radius 2 is 1.54 bits per heavy atom. The van der Waals surface area contributed by atoms with E-state index in [4.69, 9.17) is 0 Å². The van der Waals surface area contributed by atoms with Crippen molar-refractivity contribution >= 4 is 10.0 Å². The molecule has 0 unspecified atom stereocenters. The van der Waals surface area contributed by atoms with E-state index >= 15 is 0 Å². The molecule has 0 aliphatic heterocycles. The minimum absolute atomic E-state index is 0.0814. The van der Waals surface area contributed by atoms with Gasteiger partial charge in [-0.3, -0.25) is 0 Å². The van der Waals surface area contributed by atoms with Gasteiger partial charge in [-0.2, -0.15) is 0 Å². The molecular weight excluding hydrogens is 318 g/mol. The molecule has 0 atom stereocenters. The van der Waals surface area contributed by atoms with Gasteiger partial charge < -0.3 is 0 Å². The van der Waals surface area contributed by atoms with Gasteiger partial charge >= 0.3 is 0 Å². The Morgan fingerprint density at radius 1 is 0.958 bits per heavy atom. The molecule has 0 spiro atoms. The second kappa shape index (κ2) is 7.11. The molecule has 4 heteroatoms. The van der Waals surface area contributed by atoms with E-state index in [1.54, 1.807) is 0 Å². The lowest BCUT2D eigenvalue weighted by Gasteiger charge is -2.18. The highest BCUT2D eigenvalue weighted by Crippen LogP contribution is 2.21. The maximum absolute atomic E-state index is 12.0. The van der Waals surface area contributed by atoms with Crippen molar-refractivity contribution in [2.75, 3.05) is 6.26 Å². The first kappa shape index (κ1) is 18.1. The molecule has 0 bridgehead atoms. The number of sulfonamides is 1. The molecule has 0 fully saturated rings. The SMILES string of the molecule is CC(C)(C)c1ccc(C#CN(Cc2ccccc2)S(C)(=O)=O)cc1. The van der Waals surface area contributed by atoms with Crippen LogP contribution in [0, 0.1) is 12.0 Å². The monoisotopic (exact) mass is 341 g/mol. The molecule has 0 amide bonds. The molecule has 2 aromatic rings. The molecule has 0 aliphatic rings. The smallest absolute Gasteiger partial charge is 0.224 e. The third-order valence-electron chi connectivity index (χ3n) is 3.65. The van der Waals surface area contributed by atoms with Crippen molar-refractivity contribution in [3.05, 3.63) is 71.3 Å². The quantitative estimate of drug-likeness (QED) is 0.630. The van der Waals surface area contributed by atoms with Gasteiger partial charge in [-0.1, -0.05) is 63.2 Å². The van der Waals surface area contributed by atoms with Crippen LogP contribution < -0.4 is 0 Å². The Bertz CT molecular complexity index is 836. The van der Waals surface area contributed by atoms with Crippen molar-refractivity contribution < 1.29 is 8.42 Å². The van der Waals surface area contributed by atoms with E-state index in [0.29, 0.717) is 0 Å². The Labute approximate surface area is 145 Å². The fourth-order valence-electron chi connectivity index (χ4n) is 2.17. The van der Waals surface area contributed by atoms with Crippen molar-refractivity contribution in [2.45, 2.75) is 32.7 Å². The standard InChI is InChI=1S/C20H23NO2S/c1-20(2,3)19-12-10-17(11-13-19)14-15-21(24(4,22)23)16-18-8-6-5-7-9-18/h5-13H,16H2,1-4H3. The highest BCUT2D eigenvalue weighted by molar-refractivity contribution is 7.88. The molecule has 3 nitrogen and oxygen atoms in total. The minimum atomic E-state index is -3.40. The van der Waals surface area contributed by atoms with Crippen LogP contribution in [-0.2, 0) is 22.0 Å². The van der Waals surface area contributed by atoms with Crippen molar-refractivity contribution in [1.29, 1.82) is 0 Å². The summed E-state index contributed by atoms with van der Waals surface area (Å²) < 4.78 is 25.1. The maximum Gasteiger partial charge on any atom is 0.239 e. The number of rotatable bonds is 3. The zero-order valence-electron chi connectivity index (χ0n) is 14.6. The zero-order chi connectivity index (χ0) is 17.8. The van der Waals surface area contributed by atoms with Gasteiger partial charge in [0, 0.05) is 11.6 Å². The van der Waals surface area contributed by atoms with Crippen LogP contribution in [0.4, 0.5) is 0 Å². The molecular formula is C20H23NO2S. The van der Waals surface area contributed by atoms with Crippen molar-refractivity contribution in [1.82, 2.24) is 4.31 Å². The predicted octanol–water partition coefficient (Wildman–Crippen LogP) is 3.75. The summed E-state index contributed by atoms with van der Waals surface area (Å²) in [6.07, 6.45) is 1.17. The van der Waals surface area contributed by atoms with E-state index in [9.17, 15) is 8.42 Å². The molecule has 2 rings (SSSR count). The van der Waals surface area contributed by atoms with Gasteiger partial charge in [-0.25, -0.2) is 12.7 Å². The highest BCUT2D eigenvalue weighted by Gasteiger charge is 2.14. The lowest BCUT2D eigenvalue weighted by atomic mass is 9.87. The fraction of sp³-hybridized carbons (Fsp3) is 0.300. The lowest BCUT2D eigenvalue weighted by molar-refractivity contribution is 0.515. The van der Waals surface area contributed by atoms with E-state index in [-0.39, 0.29) is 12.0 Å².